The summed E-state index contributed by atoms with van der Waals surface area (Å²) in [4.78, 5) is 4.36. The molecule has 1 N–H and O–H groups in total. The van der Waals surface area contributed by atoms with Crippen molar-refractivity contribution < 1.29 is 0 Å². The fraction of sp³-hybridized carbons (Fsp3) is 0.214. The summed E-state index contributed by atoms with van der Waals surface area (Å²) in [5, 5.41) is 5.72. The average Bonchev–Trinajstić information content (AvgIpc) is 2.29. The van der Waals surface area contributed by atoms with Crippen LogP contribution in [0.3, 0.4) is 0 Å². The molecule has 1 aromatic carbocycles. The standard InChI is InChI=1S/C14H16N2/c1-11(2)7-9-15-14-13-6-4-3-5-12(13)8-10-16-14/h3-8,10H,9H2,1-2H3,(H,15,16). The first kappa shape index (κ1) is 10.7. The van der Waals surface area contributed by atoms with Crippen molar-refractivity contribution in [3.63, 3.8) is 0 Å². The van der Waals surface area contributed by atoms with Crippen LogP contribution in [0.15, 0.2) is 48.2 Å². The highest BCUT2D eigenvalue weighted by atomic mass is 15.0. The first-order valence-corrected chi connectivity index (χ1v) is 5.48. The topological polar surface area (TPSA) is 24.9 Å². The molecule has 0 saturated heterocycles. The molecule has 2 rings (SSSR count). The fourth-order valence-electron chi connectivity index (χ4n) is 1.61. The minimum atomic E-state index is 0.823. The fourth-order valence-corrected chi connectivity index (χ4v) is 1.61. The number of nitrogens with zero attached hydrogens (tertiary/aromatic N) is 1. The molecule has 0 atom stereocenters. The van der Waals surface area contributed by atoms with Gasteiger partial charge in [0.1, 0.15) is 5.82 Å². The summed E-state index contributed by atoms with van der Waals surface area (Å²) < 4.78 is 0. The Bertz CT molecular complexity index is 506. The van der Waals surface area contributed by atoms with Gasteiger partial charge in [-0.3, -0.25) is 0 Å². The van der Waals surface area contributed by atoms with Crippen LogP contribution in [-0.2, 0) is 0 Å². The van der Waals surface area contributed by atoms with Crippen LogP contribution >= 0.6 is 0 Å². The molecule has 1 aromatic heterocycles. The van der Waals surface area contributed by atoms with E-state index < -0.39 is 0 Å². The normalized spacial score (nSPS) is 10.1. The van der Waals surface area contributed by atoms with Gasteiger partial charge in [-0.2, -0.15) is 0 Å². The van der Waals surface area contributed by atoms with Gasteiger partial charge in [0.15, 0.2) is 0 Å². The second kappa shape index (κ2) is 4.79. The minimum absolute atomic E-state index is 0.823. The zero-order chi connectivity index (χ0) is 11.4. The molecule has 0 spiro atoms. The largest absolute Gasteiger partial charge is 0.366 e. The Kier molecular flexibility index (Phi) is 3.20. The number of rotatable bonds is 3. The van der Waals surface area contributed by atoms with E-state index in [4.69, 9.17) is 0 Å². The first-order valence-electron chi connectivity index (χ1n) is 5.48. The Morgan fingerprint density at radius 1 is 1.25 bits per heavy atom. The highest BCUT2D eigenvalue weighted by molar-refractivity contribution is 5.91. The molecule has 0 fully saturated rings. The minimum Gasteiger partial charge on any atom is -0.366 e. The highest BCUT2D eigenvalue weighted by Crippen LogP contribution is 2.19. The molecule has 0 aliphatic carbocycles. The maximum atomic E-state index is 4.36. The second-order valence-corrected chi connectivity index (χ2v) is 4.04. The van der Waals surface area contributed by atoms with Crippen molar-refractivity contribution in [2.24, 2.45) is 0 Å². The molecule has 0 bridgehead atoms. The van der Waals surface area contributed by atoms with Gasteiger partial charge in [-0.15, -0.1) is 0 Å². The lowest BCUT2D eigenvalue weighted by molar-refractivity contribution is 1.22. The van der Waals surface area contributed by atoms with Crippen LogP contribution in [0.1, 0.15) is 13.8 Å². The van der Waals surface area contributed by atoms with Gasteiger partial charge in [0.2, 0.25) is 0 Å². The van der Waals surface area contributed by atoms with Gasteiger partial charge in [-0.25, -0.2) is 4.98 Å². The van der Waals surface area contributed by atoms with Crippen LogP contribution in [0.25, 0.3) is 10.8 Å². The van der Waals surface area contributed by atoms with Crippen LogP contribution in [0, 0.1) is 0 Å². The van der Waals surface area contributed by atoms with E-state index in [0.29, 0.717) is 0 Å². The van der Waals surface area contributed by atoms with E-state index in [1.54, 1.807) is 0 Å². The third kappa shape index (κ3) is 2.40. The quantitative estimate of drug-likeness (QED) is 0.786. The van der Waals surface area contributed by atoms with Crippen molar-refractivity contribution in [2.45, 2.75) is 13.8 Å². The molecule has 0 aliphatic rings. The van der Waals surface area contributed by atoms with Crippen LogP contribution in [0.4, 0.5) is 5.82 Å². The monoisotopic (exact) mass is 212 g/mol. The van der Waals surface area contributed by atoms with Gasteiger partial charge in [0.25, 0.3) is 0 Å². The summed E-state index contributed by atoms with van der Waals surface area (Å²) in [6.45, 7) is 5.01. The molecule has 0 radical (unpaired) electrons. The molecule has 0 saturated carbocycles. The molecule has 16 heavy (non-hydrogen) atoms. The predicted octanol–water partition coefficient (Wildman–Crippen LogP) is 3.61. The van der Waals surface area contributed by atoms with E-state index in [0.717, 1.165) is 12.4 Å². The van der Waals surface area contributed by atoms with Crippen molar-refractivity contribution >= 4 is 16.6 Å². The third-order valence-electron chi connectivity index (χ3n) is 2.45. The van der Waals surface area contributed by atoms with Crippen molar-refractivity contribution in [3.05, 3.63) is 48.2 Å². The van der Waals surface area contributed by atoms with Crippen molar-refractivity contribution in [1.82, 2.24) is 4.98 Å². The molecule has 2 aromatic rings. The van der Waals surface area contributed by atoms with Crippen LogP contribution < -0.4 is 5.32 Å². The molecule has 2 nitrogen and oxygen atoms in total. The highest BCUT2D eigenvalue weighted by Gasteiger charge is 1.99. The number of hydrogen-bond acceptors (Lipinski definition) is 2. The Balaban J connectivity index is 2.27. The average molecular weight is 212 g/mol. The molecule has 0 unspecified atom stereocenters. The van der Waals surface area contributed by atoms with E-state index in [1.807, 2.05) is 24.4 Å². The Labute approximate surface area is 96.0 Å². The SMILES string of the molecule is CC(C)=CCNc1nccc2ccccc12. The number of pyridine rings is 1. The van der Waals surface area contributed by atoms with Gasteiger partial charge < -0.3 is 5.32 Å². The van der Waals surface area contributed by atoms with Gasteiger partial charge in [0, 0.05) is 18.1 Å². The smallest absolute Gasteiger partial charge is 0.134 e. The van der Waals surface area contributed by atoms with Crippen LogP contribution in [0.5, 0.6) is 0 Å². The zero-order valence-corrected chi connectivity index (χ0v) is 9.70. The summed E-state index contributed by atoms with van der Waals surface area (Å²) in [5.74, 6) is 0.954. The van der Waals surface area contributed by atoms with Gasteiger partial charge in [0.05, 0.1) is 0 Å². The third-order valence-corrected chi connectivity index (χ3v) is 2.45. The van der Waals surface area contributed by atoms with Crippen LogP contribution in [-0.4, -0.2) is 11.5 Å². The van der Waals surface area contributed by atoms with Crippen molar-refractivity contribution in [2.75, 3.05) is 11.9 Å². The molecule has 0 amide bonds. The lowest BCUT2D eigenvalue weighted by Crippen LogP contribution is -2.01. The lowest BCUT2D eigenvalue weighted by Gasteiger charge is -2.06. The Hall–Kier alpha value is -1.83. The number of fused-ring (bicyclic) bond motifs is 1. The van der Waals surface area contributed by atoms with Crippen molar-refractivity contribution in [1.29, 1.82) is 0 Å². The summed E-state index contributed by atoms with van der Waals surface area (Å²) in [5.41, 5.74) is 1.31. The number of aromatic nitrogens is 1. The Morgan fingerprint density at radius 2 is 2.06 bits per heavy atom. The van der Waals surface area contributed by atoms with E-state index in [1.165, 1.54) is 16.3 Å². The maximum Gasteiger partial charge on any atom is 0.134 e. The van der Waals surface area contributed by atoms with Gasteiger partial charge in [-0.1, -0.05) is 35.9 Å². The second-order valence-electron chi connectivity index (χ2n) is 4.04. The molecule has 0 aliphatic heterocycles. The number of nitrogens with one attached hydrogen (secondary N) is 1. The summed E-state index contributed by atoms with van der Waals surface area (Å²) in [7, 11) is 0. The summed E-state index contributed by atoms with van der Waals surface area (Å²) in [6.07, 6.45) is 4.00. The number of anilines is 1. The van der Waals surface area contributed by atoms with E-state index >= 15 is 0 Å². The van der Waals surface area contributed by atoms with Gasteiger partial charge in [-0.05, 0) is 25.3 Å². The van der Waals surface area contributed by atoms with E-state index in [-0.39, 0.29) is 0 Å². The molecular weight excluding hydrogens is 196 g/mol. The maximum absolute atomic E-state index is 4.36. The number of benzene rings is 1. The molecular formula is C14H16N2. The molecule has 2 heteroatoms. The van der Waals surface area contributed by atoms with Crippen molar-refractivity contribution in [3.8, 4) is 0 Å². The van der Waals surface area contributed by atoms with Gasteiger partial charge >= 0.3 is 0 Å². The lowest BCUT2D eigenvalue weighted by atomic mass is 10.1. The Morgan fingerprint density at radius 3 is 2.88 bits per heavy atom. The predicted molar refractivity (Wildman–Crippen MR) is 69.7 cm³/mol. The first-order chi connectivity index (χ1) is 7.77. The zero-order valence-electron chi connectivity index (χ0n) is 9.70. The van der Waals surface area contributed by atoms with E-state index in [2.05, 4.69) is 42.4 Å². The van der Waals surface area contributed by atoms with E-state index in [9.17, 15) is 0 Å². The summed E-state index contributed by atoms with van der Waals surface area (Å²) in [6, 6.07) is 10.3. The van der Waals surface area contributed by atoms with Crippen LogP contribution in [0.2, 0.25) is 0 Å². The summed E-state index contributed by atoms with van der Waals surface area (Å²) >= 11 is 0. The molecule has 1 heterocycles. The number of hydrogen-bond donors (Lipinski definition) is 1. The molecule has 82 valence electrons. The number of allylic oxidation sites excluding steroid dienone is 1.